The summed E-state index contributed by atoms with van der Waals surface area (Å²) in [7, 11) is 0. The number of hydrogen-bond acceptors (Lipinski definition) is 4. The summed E-state index contributed by atoms with van der Waals surface area (Å²) >= 11 is 0. The molecule has 2 rings (SSSR count). The van der Waals surface area contributed by atoms with Crippen molar-refractivity contribution < 1.29 is 14.5 Å². The predicted octanol–water partition coefficient (Wildman–Crippen LogP) is 2.92. The molecule has 0 radical (unpaired) electrons. The quantitative estimate of drug-likeness (QED) is 0.657. The van der Waals surface area contributed by atoms with Crippen molar-refractivity contribution in [3.8, 4) is 5.75 Å². The summed E-state index contributed by atoms with van der Waals surface area (Å²) in [4.78, 5) is 22.6. The SMILES string of the molecule is CCOc1ccc([N+](=O)[O-])cc1C(=O)NCc1ccccc1. The van der Waals surface area contributed by atoms with Crippen LogP contribution in [0.25, 0.3) is 0 Å². The van der Waals surface area contributed by atoms with Crippen LogP contribution in [0, 0.1) is 10.1 Å². The predicted molar refractivity (Wildman–Crippen MR) is 81.9 cm³/mol. The fourth-order valence-electron chi connectivity index (χ4n) is 1.96. The molecule has 22 heavy (non-hydrogen) atoms. The molecule has 6 nitrogen and oxygen atoms in total. The van der Waals surface area contributed by atoms with Gasteiger partial charge in [-0.2, -0.15) is 0 Å². The highest BCUT2D eigenvalue weighted by atomic mass is 16.6. The van der Waals surface area contributed by atoms with Crippen molar-refractivity contribution in [2.24, 2.45) is 0 Å². The van der Waals surface area contributed by atoms with E-state index in [1.807, 2.05) is 30.3 Å². The molecule has 0 aliphatic carbocycles. The van der Waals surface area contributed by atoms with Gasteiger partial charge in [0.2, 0.25) is 0 Å². The lowest BCUT2D eigenvalue weighted by Gasteiger charge is -2.10. The Kier molecular flexibility index (Phi) is 5.08. The van der Waals surface area contributed by atoms with Gasteiger partial charge in [0.1, 0.15) is 5.75 Å². The number of amides is 1. The van der Waals surface area contributed by atoms with Gasteiger partial charge < -0.3 is 10.1 Å². The molecule has 114 valence electrons. The molecule has 0 saturated carbocycles. The summed E-state index contributed by atoms with van der Waals surface area (Å²) in [6.45, 7) is 2.50. The number of ether oxygens (including phenoxy) is 1. The molecule has 0 spiro atoms. The van der Waals surface area contributed by atoms with E-state index in [4.69, 9.17) is 4.74 Å². The number of hydrogen-bond donors (Lipinski definition) is 1. The normalized spacial score (nSPS) is 10.0. The van der Waals surface area contributed by atoms with Gasteiger partial charge in [0.05, 0.1) is 17.1 Å². The summed E-state index contributed by atoms with van der Waals surface area (Å²) in [6, 6.07) is 13.4. The van der Waals surface area contributed by atoms with Crippen LogP contribution >= 0.6 is 0 Å². The second-order valence-electron chi connectivity index (χ2n) is 4.54. The van der Waals surface area contributed by atoms with Crippen LogP contribution in [0.15, 0.2) is 48.5 Å². The zero-order chi connectivity index (χ0) is 15.9. The highest BCUT2D eigenvalue weighted by molar-refractivity contribution is 5.97. The van der Waals surface area contributed by atoms with Crippen molar-refractivity contribution in [1.82, 2.24) is 5.32 Å². The third-order valence-corrected chi connectivity index (χ3v) is 3.01. The first-order chi connectivity index (χ1) is 10.6. The van der Waals surface area contributed by atoms with Crippen molar-refractivity contribution >= 4 is 11.6 Å². The van der Waals surface area contributed by atoms with Crippen LogP contribution in [0.1, 0.15) is 22.8 Å². The van der Waals surface area contributed by atoms with Crippen LogP contribution in [0.4, 0.5) is 5.69 Å². The van der Waals surface area contributed by atoms with E-state index < -0.39 is 10.8 Å². The molecule has 0 bridgehead atoms. The molecule has 1 N–H and O–H groups in total. The molecule has 0 aliphatic heterocycles. The van der Waals surface area contributed by atoms with Crippen molar-refractivity contribution in [2.45, 2.75) is 13.5 Å². The highest BCUT2D eigenvalue weighted by Gasteiger charge is 2.17. The first-order valence-corrected chi connectivity index (χ1v) is 6.85. The van der Waals surface area contributed by atoms with E-state index in [1.54, 1.807) is 6.92 Å². The minimum absolute atomic E-state index is 0.145. The largest absolute Gasteiger partial charge is 0.493 e. The molecule has 2 aromatic carbocycles. The van der Waals surface area contributed by atoms with Crippen molar-refractivity contribution in [3.63, 3.8) is 0 Å². The minimum atomic E-state index is -0.538. The lowest BCUT2D eigenvalue weighted by Crippen LogP contribution is -2.23. The van der Waals surface area contributed by atoms with Gasteiger partial charge in [-0.25, -0.2) is 0 Å². The molecule has 1 amide bonds. The fraction of sp³-hybridized carbons (Fsp3) is 0.188. The van der Waals surface area contributed by atoms with Gasteiger partial charge in [0.15, 0.2) is 0 Å². The Bertz CT molecular complexity index is 671. The third kappa shape index (κ3) is 3.82. The number of nitrogens with zero attached hydrogens (tertiary/aromatic N) is 1. The molecule has 2 aromatic rings. The molecule has 0 aromatic heterocycles. The second-order valence-corrected chi connectivity index (χ2v) is 4.54. The standard InChI is InChI=1S/C16H16N2O4/c1-2-22-15-9-8-13(18(20)21)10-14(15)16(19)17-11-12-6-4-3-5-7-12/h3-10H,2,11H2,1H3,(H,17,19). The van der Waals surface area contributed by atoms with E-state index in [-0.39, 0.29) is 11.3 Å². The number of carbonyl (C=O) groups is 1. The van der Waals surface area contributed by atoms with Crippen molar-refractivity contribution in [1.29, 1.82) is 0 Å². The van der Waals surface area contributed by atoms with Crippen LogP contribution in [0.2, 0.25) is 0 Å². The molecule has 0 heterocycles. The zero-order valence-corrected chi connectivity index (χ0v) is 12.1. The van der Waals surface area contributed by atoms with Gasteiger partial charge >= 0.3 is 0 Å². The van der Waals surface area contributed by atoms with E-state index in [0.717, 1.165) is 5.56 Å². The topological polar surface area (TPSA) is 81.5 Å². The lowest BCUT2D eigenvalue weighted by molar-refractivity contribution is -0.384. The van der Waals surface area contributed by atoms with Crippen LogP contribution < -0.4 is 10.1 Å². The number of nitro groups is 1. The molecular formula is C16H16N2O4. The Hall–Kier alpha value is -2.89. The van der Waals surface area contributed by atoms with E-state index in [1.165, 1.54) is 18.2 Å². The van der Waals surface area contributed by atoms with Gasteiger partial charge in [-0.15, -0.1) is 0 Å². The van der Waals surface area contributed by atoms with E-state index >= 15 is 0 Å². The number of carbonyl (C=O) groups excluding carboxylic acids is 1. The van der Waals surface area contributed by atoms with E-state index in [0.29, 0.717) is 18.9 Å². The Morgan fingerprint density at radius 2 is 1.95 bits per heavy atom. The summed E-state index contributed by atoms with van der Waals surface area (Å²) in [5.41, 5.74) is 0.958. The van der Waals surface area contributed by atoms with Crippen LogP contribution in [-0.2, 0) is 6.54 Å². The summed E-state index contributed by atoms with van der Waals surface area (Å²) in [5.74, 6) is -0.0744. The number of nitro benzene ring substituents is 1. The van der Waals surface area contributed by atoms with Gasteiger partial charge in [-0.05, 0) is 18.6 Å². The fourth-order valence-corrected chi connectivity index (χ4v) is 1.96. The molecule has 0 fully saturated rings. The van der Waals surface area contributed by atoms with Gasteiger partial charge in [0.25, 0.3) is 11.6 Å². The maximum atomic E-state index is 12.3. The van der Waals surface area contributed by atoms with E-state index in [2.05, 4.69) is 5.32 Å². The first-order valence-electron chi connectivity index (χ1n) is 6.85. The van der Waals surface area contributed by atoms with Gasteiger partial charge in [-0.3, -0.25) is 14.9 Å². The monoisotopic (exact) mass is 300 g/mol. The second kappa shape index (κ2) is 7.21. The minimum Gasteiger partial charge on any atom is -0.493 e. The molecular weight excluding hydrogens is 284 g/mol. The lowest BCUT2D eigenvalue weighted by atomic mass is 10.1. The van der Waals surface area contributed by atoms with Crippen molar-refractivity contribution in [3.05, 3.63) is 69.8 Å². The van der Waals surface area contributed by atoms with Gasteiger partial charge in [0, 0.05) is 18.7 Å². The first kappa shape index (κ1) is 15.5. The maximum Gasteiger partial charge on any atom is 0.270 e. The summed E-state index contributed by atoms with van der Waals surface area (Å²) in [6.07, 6.45) is 0. The molecule has 0 aliphatic rings. The highest BCUT2D eigenvalue weighted by Crippen LogP contribution is 2.24. The maximum absolute atomic E-state index is 12.3. The number of non-ortho nitro benzene ring substituents is 1. The van der Waals surface area contributed by atoms with Gasteiger partial charge in [-0.1, -0.05) is 30.3 Å². The Morgan fingerprint density at radius 1 is 1.23 bits per heavy atom. The van der Waals surface area contributed by atoms with E-state index in [9.17, 15) is 14.9 Å². The average molecular weight is 300 g/mol. The zero-order valence-electron chi connectivity index (χ0n) is 12.1. The Labute approximate surface area is 127 Å². The number of rotatable bonds is 6. The third-order valence-electron chi connectivity index (χ3n) is 3.01. The Balaban J connectivity index is 2.19. The summed E-state index contributed by atoms with van der Waals surface area (Å²) < 4.78 is 5.36. The molecule has 0 atom stereocenters. The number of benzene rings is 2. The molecule has 0 saturated heterocycles. The Morgan fingerprint density at radius 3 is 2.59 bits per heavy atom. The average Bonchev–Trinajstić information content (AvgIpc) is 2.54. The van der Waals surface area contributed by atoms with Crippen LogP contribution in [0.5, 0.6) is 5.75 Å². The number of nitrogens with one attached hydrogen (secondary N) is 1. The molecule has 6 heteroatoms. The van der Waals surface area contributed by atoms with Crippen LogP contribution in [-0.4, -0.2) is 17.4 Å². The summed E-state index contributed by atoms with van der Waals surface area (Å²) in [5, 5.41) is 13.6. The smallest absolute Gasteiger partial charge is 0.270 e. The molecule has 0 unspecified atom stereocenters. The van der Waals surface area contributed by atoms with Crippen LogP contribution in [0.3, 0.4) is 0 Å². The van der Waals surface area contributed by atoms with Crippen molar-refractivity contribution in [2.75, 3.05) is 6.61 Å².